The van der Waals surface area contributed by atoms with E-state index in [9.17, 15) is 0 Å². The highest BCUT2D eigenvalue weighted by Crippen LogP contribution is 2.15. The number of aromatic amines is 1. The van der Waals surface area contributed by atoms with Crippen molar-refractivity contribution in [3.8, 4) is 11.8 Å². The summed E-state index contributed by atoms with van der Waals surface area (Å²) < 4.78 is 0. The number of halogens is 2. The first-order valence-corrected chi connectivity index (χ1v) is 5.35. The maximum atomic E-state index is 5.63. The summed E-state index contributed by atoms with van der Waals surface area (Å²) in [4.78, 5) is 7.42. The second-order valence-electron chi connectivity index (χ2n) is 4.08. The predicted molar refractivity (Wildman–Crippen MR) is 80.5 cm³/mol. The van der Waals surface area contributed by atoms with Crippen molar-refractivity contribution in [2.24, 2.45) is 5.73 Å². The summed E-state index contributed by atoms with van der Waals surface area (Å²) in [5.41, 5.74) is 8.68. The van der Waals surface area contributed by atoms with Crippen molar-refractivity contribution in [3.05, 3.63) is 29.6 Å². The highest BCUT2D eigenvalue weighted by Gasteiger charge is 2.00. The van der Waals surface area contributed by atoms with Crippen molar-refractivity contribution in [2.45, 2.75) is 26.3 Å². The zero-order valence-electron chi connectivity index (χ0n) is 10.4. The maximum Gasteiger partial charge on any atom is 0.137 e. The van der Waals surface area contributed by atoms with Gasteiger partial charge in [-0.25, -0.2) is 4.98 Å². The Hall–Kier alpha value is -1.21. The van der Waals surface area contributed by atoms with Crippen LogP contribution in [0.2, 0.25) is 0 Å². The van der Waals surface area contributed by atoms with Crippen molar-refractivity contribution < 1.29 is 0 Å². The maximum absolute atomic E-state index is 5.63. The minimum Gasteiger partial charge on any atom is -0.346 e. The SMILES string of the molecule is Cc1c[nH]c2ncc(C#CC[C@H](C)N)cc12.Cl.Cl. The fraction of sp³-hybridized carbons (Fsp3) is 0.308. The van der Waals surface area contributed by atoms with Gasteiger partial charge in [0.25, 0.3) is 0 Å². The standard InChI is InChI=1S/C13H15N3.2ClH/c1-9-7-15-13-12(9)6-11(8-16-13)5-3-4-10(2)14;;/h6-8,10H,4,14H2,1-2H3,(H,15,16);2*1H/t10-;;/m0../s1. The molecule has 0 radical (unpaired) electrons. The van der Waals surface area contributed by atoms with E-state index in [1.165, 1.54) is 5.56 Å². The van der Waals surface area contributed by atoms with Crippen LogP contribution in [0.15, 0.2) is 18.5 Å². The van der Waals surface area contributed by atoms with Gasteiger partial charge in [-0.15, -0.1) is 24.8 Å². The van der Waals surface area contributed by atoms with E-state index in [0.29, 0.717) is 6.42 Å². The van der Waals surface area contributed by atoms with Gasteiger partial charge in [0.2, 0.25) is 0 Å². The lowest BCUT2D eigenvalue weighted by molar-refractivity contribution is 0.771. The quantitative estimate of drug-likeness (QED) is 0.792. The number of rotatable bonds is 1. The summed E-state index contributed by atoms with van der Waals surface area (Å²) in [6.45, 7) is 4.01. The van der Waals surface area contributed by atoms with Gasteiger partial charge in [-0.3, -0.25) is 0 Å². The molecule has 2 heterocycles. The summed E-state index contributed by atoms with van der Waals surface area (Å²) in [5.74, 6) is 6.13. The average Bonchev–Trinajstić information content (AvgIpc) is 2.60. The normalized spacial score (nSPS) is 10.8. The summed E-state index contributed by atoms with van der Waals surface area (Å²) in [7, 11) is 0. The highest BCUT2D eigenvalue weighted by atomic mass is 35.5. The second-order valence-corrected chi connectivity index (χ2v) is 4.08. The molecule has 98 valence electrons. The number of aryl methyl sites for hydroxylation is 1. The third-order valence-corrected chi connectivity index (χ3v) is 2.39. The molecule has 2 aromatic rings. The van der Waals surface area contributed by atoms with Gasteiger partial charge in [-0.05, 0) is 25.5 Å². The van der Waals surface area contributed by atoms with Crippen LogP contribution in [0.25, 0.3) is 11.0 Å². The molecule has 0 aliphatic carbocycles. The molecule has 18 heavy (non-hydrogen) atoms. The molecular weight excluding hydrogens is 269 g/mol. The first kappa shape index (κ1) is 16.8. The van der Waals surface area contributed by atoms with Gasteiger partial charge >= 0.3 is 0 Å². The fourth-order valence-electron chi connectivity index (χ4n) is 1.52. The van der Waals surface area contributed by atoms with Crippen molar-refractivity contribution in [2.75, 3.05) is 0 Å². The van der Waals surface area contributed by atoms with Crippen molar-refractivity contribution in [3.63, 3.8) is 0 Å². The molecule has 0 spiro atoms. The van der Waals surface area contributed by atoms with Crippen LogP contribution >= 0.6 is 24.8 Å². The van der Waals surface area contributed by atoms with E-state index in [4.69, 9.17) is 5.73 Å². The summed E-state index contributed by atoms with van der Waals surface area (Å²) in [6.07, 6.45) is 4.45. The average molecular weight is 286 g/mol. The number of pyridine rings is 1. The molecule has 1 atom stereocenters. The molecule has 0 bridgehead atoms. The van der Waals surface area contributed by atoms with Gasteiger partial charge in [0.1, 0.15) is 5.65 Å². The van der Waals surface area contributed by atoms with E-state index in [1.807, 2.05) is 13.1 Å². The summed E-state index contributed by atoms with van der Waals surface area (Å²) in [5, 5.41) is 1.13. The number of nitrogens with two attached hydrogens (primary N) is 1. The van der Waals surface area contributed by atoms with Crippen LogP contribution in [-0.4, -0.2) is 16.0 Å². The second kappa shape index (κ2) is 7.27. The molecule has 3 nitrogen and oxygen atoms in total. The van der Waals surface area contributed by atoms with E-state index < -0.39 is 0 Å². The van der Waals surface area contributed by atoms with Crippen LogP contribution in [0.1, 0.15) is 24.5 Å². The Morgan fingerprint density at radius 3 is 2.83 bits per heavy atom. The fourth-order valence-corrected chi connectivity index (χ4v) is 1.52. The molecule has 0 saturated carbocycles. The van der Waals surface area contributed by atoms with Crippen molar-refractivity contribution in [1.29, 1.82) is 0 Å². The Morgan fingerprint density at radius 2 is 2.17 bits per heavy atom. The van der Waals surface area contributed by atoms with Crippen LogP contribution in [-0.2, 0) is 0 Å². The molecule has 0 aliphatic rings. The first-order chi connectivity index (χ1) is 7.66. The van der Waals surface area contributed by atoms with Gasteiger partial charge in [-0.2, -0.15) is 0 Å². The van der Waals surface area contributed by atoms with Crippen LogP contribution in [0.4, 0.5) is 0 Å². The topological polar surface area (TPSA) is 54.7 Å². The zero-order valence-corrected chi connectivity index (χ0v) is 12.0. The number of hydrogen-bond acceptors (Lipinski definition) is 2. The molecule has 0 aromatic carbocycles. The molecule has 0 amide bonds. The Bertz CT molecular complexity index is 564. The minimum atomic E-state index is 0. The molecule has 2 rings (SSSR count). The molecule has 0 unspecified atom stereocenters. The minimum absolute atomic E-state index is 0. The van der Waals surface area contributed by atoms with Gasteiger partial charge < -0.3 is 10.7 Å². The molecule has 0 aliphatic heterocycles. The van der Waals surface area contributed by atoms with E-state index in [-0.39, 0.29) is 30.9 Å². The molecule has 0 saturated heterocycles. The number of fused-ring (bicyclic) bond motifs is 1. The van der Waals surface area contributed by atoms with E-state index in [2.05, 4.69) is 34.8 Å². The van der Waals surface area contributed by atoms with Crippen molar-refractivity contribution >= 4 is 35.8 Å². The Kier molecular flexibility index (Phi) is 6.79. The van der Waals surface area contributed by atoms with Crippen molar-refractivity contribution in [1.82, 2.24) is 9.97 Å². The van der Waals surface area contributed by atoms with Gasteiger partial charge in [0.05, 0.1) is 0 Å². The van der Waals surface area contributed by atoms with Gasteiger partial charge in [0.15, 0.2) is 0 Å². The number of nitrogens with zero attached hydrogens (tertiary/aromatic N) is 1. The Morgan fingerprint density at radius 1 is 1.44 bits per heavy atom. The highest BCUT2D eigenvalue weighted by molar-refractivity contribution is 5.85. The predicted octanol–water partition coefficient (Wildman–Crippen LogP) is 2.80. The molecule has 0 fully saturated rings. The Balaban J connectivity index is 0.00000144. The van der Waals surface area contributed by atoms with Crippen LogP contribution < -0.4 is 5.73 Å². The number of H-pyrrole nitrogens is 1. The number of hydrogen-bond donors (Lipinski definition) is 2. The van der Waals surface area contributed by atoms with E-state index in [1.54, 1.807) is 6.20 Å². The smallest absolute Gasteiger partial charge is 0.137 e. The summed E-state index contributed by atoms with van der Waals surface area (Å²) in [6, 6.07) is 2.18. The lowest BCUT2D eigenvalue weighted by atomic mass is 10.2. The number of nitrogens with one attached hydrogen (secondary N) is 1. The van der Waals surface area contributed by atoms with E-state index in [0.717, 1.165) is 16.6 Å². The van der Waals surface area contributed by atoms with Gasteiger partial charge in [0, 0.05) is 35.8 Å². The van der Waals surface area contributed by atoms with Crippen LogP contribution in [0.5, 0.6) is 0 Å². The lowest BCUT2D eigenvalue weighted by Gasteiger charge is -1.95. The van der Waals surface area contributed by atoms with Crippen LogP contribution in [0, 0.1) is 18.8 Å². The molecule has 2 aromatic heterocycles. The zero-order chi connectivity index (χ0) is 11.5. The molecular formula is C13H17Cl2N3. The first-order valence-electron chi connectivity index (χ1n) is 5.35. The molecule has 5 heteroatoms. The van der Waals surface area contributed by atoms with Gasteiger partial charge in [-0.1, -0.05) is 11.8 Å². The number of aromatic nitrogens is 2. The summed E-state index contributed by atoms with van der Waals surface area (Å²) >= 11 is 0. The Labute approximate surface area is 119 Å². The van der Waals surface area contributed by atoms with Crippen LogP contribution in [0.3, 0.4) is 0 Å². The third-order valence-electron chi connectivity index (χ3n) is 2.39. The largest absolute Gasteiger partial charge is 0.346 e. The third kappa shape index (κ3) is 3.92. The van der Waals surface area contributed by atoms with E-state index >= 15 is 0 Å². The molecule has 3 N–H and O–H groups in total. The lowest BCUT2D eigenvalue weighted by Crippen LogP contribution is -2.12. The monoisotopic (exact) mass is 285 g/mol.